The van der Waals surface area contributed by atoms with Gasteiger partial charge in [-0.25, -0.2) is 0 Å². The van der Waals surface area contributed by atoms with Gasteiger partial charge < -0.3 is 28.4 Å². The predicted octanol–water partition coefficient (Wildman–Crippen LogP) is 0.429. The molecule has 10 heteroatoms. The van der Waals surface area contributed by atoms with E-state index in [0.717, 1.165) is 0 Å². The average Bonchev–Trinajstić information content (AvgIpc) is 2.89. The van der Waals surface area contributed by atoms with Crippen molar-refractivity contribution >= 4 is 17.9 Å². The Bertz CT molecular complexity index is 590. The lowest BCUT2D eigenvalue weighted by atomic mass is 9.98. The van der Waals surface area contributed by atoms with Gasteiger partial charge in [0.25, 0.3) is 5.97 Å². The fraction of sp³-hybridized carbons (Fsp3) is 0.706. The van der Waals surface area contributed by atoms with Gasteiger partial charge in [-0.1, -0.05) is 6.08 Å². The van der Waals surface area contributed by atoms with E-state index >= 15 is 0 Å². The van der Waals surface area contributed by atoms with Crippen molar-refractivity contribution in [3.05, 3.63) is 12.7 Å². The van der Waals surface area contributed by atoms with E-state index in [1.54, 1.807) is 0 Å². The summed E-state index contributed by atoms with van der Waals surface area (Å²) in [6.45, 7) is 8.61. The van der Waals surface area contributed by atoms with Crippen LogP contribution in [0.2, 0.25) is 0 Å². The number of esters is 3. The highest BCUT2D eigenvalue weighted by Gasteiger charge is 2.59. The summed E-state index contributed by atoms with van der Waals surface area (Å²) >= 11 is 0. The number of rotatable bonds is 7. The average molecular weight is 388 g/mol. The Balaban J connectivity index is 2.28. The number of carbonyl (C=O) groups excluding carboxylic acids is 3. The van der Waals surface area contributed by atoms with Crippen LogP contribution in [-0.2, 0) is 47.5 Å². The van der Waals surface area contributed by atoms with Crippen molar-refractivity contribution in [2.75, 3.05) is 13.2 Å². The molecule has 2 aliphatic heterocycles. The van der Waals surface area contributed by atoms with Gasteiger partial charge in [-0.3, -0.25) is 19.1 Å². The largest absolute Gasteiger partial charge is 0.463 e. The molecule has 2 aliphatic rings. The molecule has 6 atom stereocenters. The second-order valence-electron chi connectivity index (χ2n) is 6.16. The lowest BCUT2D eigenvalue weighted by Crippen LogP contribution is -2.60. The van der Waals surface area contributed by atoms with E-state index in [4.69, 9.17) is 33.2 Å². The summed E-state index contributed by atoms with van der Waals surface area (Å²) in [6.07, 6.45) is -3.49. The fourth-order valence-electron chi connectivity index (χ4n) is 2.86. The van der Waals surface area contributed by atoms with Gasteiger partial charge in [-0.2, -0.15) is 0 Å². The molecule has 0 aromatic heterocycles. The van der Waals surface area contributed by atoms with E-state index in [-0.39, 0.29) is 13.2 Å². The molecule has 0 saturated carbocycles. The van der Waals surface area contributed by atoms with E-state index < -0.39 is 54.6 Å². The van der Waals surface area contributed by atoms with Crippen LogP contribution in [0.5, 0.6) is 0 Å². The Hall–Kier alpha value is -2.01. The first-order chi connectivity index (χ1) is 12.6. The molecule has 2 fully saturated rings. The zero-order chi connectivity index (χ0) is 20.2. The molecule has 0 aromatic rings. The number of fused-ring (bicyclic) bond motifs is 1. The predicted molar refractivity (Wildman–Crippen MR) is 86.9 cm³/mol. The zero-order valence-electron chi connectivity index (χ0n) is 15.7. The van der Waals surface area contributed by atoms with E-state index in [2.05, 4.69) is 6.58 Å². The summed E-state index contributed by atoms with van der Waals surface area (Å²) in [6, 6.07) is 0. The summed E-state index contributed by atoms with van der Waals surface area (Å²) in [7, 11) is 0. The second kappa shape index (κ2) is 8.79. The lowest BCUT2D eigenvalue weighted by molar-refractivity contribution is -0.340. The molecule has 10 nitrogen and oxygen atoms in total. The molecule has 0 N–H and O–H groups in total. The minimum atomic E-state index is -1.49. The van der Waals surface area contributed by atoms with Crippen molar-refractivity contribution in [3.8, 4) is 0 Å². The second-order valence-corrected chi connectivity index (χ2v) is 6.16. The van der Waals surface area contributed by atoms with Crippen molar-refractivity contribution in [1.82, 2.24) is 0 Å². The third kappa shape index (κ3) is 5.48. The molecule has 0 spiro atoms. The van der Waals surface area contributed by atoms with E-state index in [1.165, 1.54) is 33.8 Å². The van der Waals surface area contributed by atoms with Crippen LogP contribution in [0.1, 0.15) is 27.7 Å². The van der Waals surface area contributed by atoms with Gasteiger partial charge in [0, 0.05) is 27.7 Å². The molecular formula is C17H24O10. The summed E-state index contributed by atoms with van der Waals surface area (Å²) < 4.78 is 38.2. The first kappa shape index (κ1) is 21.3. The van der Waals surface area contributed by atoms with Crippen LogP contribution >= 0.6 is 0 Å². The van der Waals surface area contributed by atoms with Gasteiger partial charge in [-0.15, -0.1) is 6.58 Å². The number of carbonyl (C=O) groups is 3. The van der Waals surface area contributed by atoms with E-state index in [0.29, 0.717) is 0 Å². The van der Waals surface area contributed by atoms with Crippen molar-refractivity contribution in [2.24, 2.45) is 0 Å². The molecule has 2 saturated heterocycles. The van der Waals surface area contributed by atoms with Gasteiger partial charge in [0.15, 0.2) is 24.6 Å². The molecule has 2 rings (SSSR count). The van der Waals surface area contributed by atoms with Crippen LogP contribution in [-0.4, -0.2) is 67.8 Å². The Morgan fingerprint density at radius 3 is 2.22 bits per heavy atom. The summed E-state index contributed by atoms with van der Waals surface area (Å²) in [5.74, 6) is -3.28. The Morgan fingerprint density at radius 2 is 1.67 bits per heavy atom. The van der Waals surface area contributed by atoms with Crippen LogP contribution in [0, 0.1) is 0 Å². The molecule has 1 unspecified atom stereocenters. The molecule has 0 aliphatic carbocycles. The lowest BCUT2D eigenvalue weighted by Gasteiger charge is -2.40. The van der Waals surface area contributed by atoms with Gasteiger partial charge in [-0.05, 0) is 0 Å². The Labute approximate surface area is 156 Å². The summed E-state index contributed by atoms with van der Waals surface area (Å²) in [4.78, 5) is 34.3. The number of ether oxygens (including phenoxy) is 7. The quantitative estimate of drug-likeness (QED) is 0.345. The molecule has 2 heterocycles. The van der Waals surface area contributed by atoms with Crippen molar-refractivity contribution in [3.63, 3.8) is 0 Å². The van der Waals surface area contributed by atoms with Crippen molar-refractivity contribution < 1.29 is 47.5 Å². The Kier molecular flexibility index (Phi) is 6.93. The molecule has 0 aromatic carbocycles. The molecule has 0 amide bonds. The zero-order valence-corrected chi connectivity index (χ0v) is 15.7. The number of hydrogen-bond donors (Lipinski definition) is 0. The first-order valence-corrected chi connectivity index (χ1v) is 8.39. The van der Waals surface area contributed by atoms with Crippen molar-refractivity contribution in [1.29, 1.82) is 0 Å². The van der Waals surface area contributed by atoms with Crippen molar-refractivity contribution in [2.45, 2.75) is 64.4 Å². The number of hydrogen-bond acceptors (Lipinski definition) is 10. The normalized spacial score (nSPS) is 35.0. The molecule has 152 valence electrons. The summed E-state index contributed by atoms with van der Waals surface area (Å²) in [5.41, 5.74) is 0. The van der Waals surface area contributed by atoms with Crippen LogP contribution in [0.4, 0.5) is 0 Å². The van der Waals surface area contributed by atoms with Gasteiger partial charge >= 0.3 is 17.9 Å². The third-order valence-electron chi connectivity index (χ3n) is 3.79. The van der Waals surface area contributed by atoms with Crippen LogP contribution in [0.15, 0.2) is 12.7 Å². The Morgan fingerprint density at radius 1 is 1.04 bits per heavy atom. The highest BCUT2D eigenvalue weighted by molar-refractivity contribution is 5.67. The first-order valence-electron chi connectivity index (χ1n) is 8.39. The fourth-order valence-corrected chi connectivity index (χ4v) is 2.86. The molecule has 27 heavy (non-hydrogen) atoms. The van der Waals surface area contributed by atoms with Crippen LogP contribution < -0.4 is 0 Å². The molecular weight excluding hydrogens is 364 g/mol. The summed E-state index contributed by atoms with van der Waals surface area (Å²) in [5, 5.41) is 0. The van der Waals surface area contributed by atoms with E-state index in [1.807, 2.05) is 0 Å². The standard InChI is InChI=1S/C17H24O10/c1-6-7-22-17(5)26-15-14(24-11(4)20)13(23-10(3)19)12(8-21-9(2)18)25-16(15)27-17/h6,12-16H,1,7-8H2,2-5H3/t12-,13-,14+,15+,16+,17?/m1/s1. The monoisotopic (exact) mass is 388 g/mol. The van der Waals surface area contributed by atoms with Gasteiger partial charge in [0.1, 0.15) is 12.7 Å². The topological polar surface area (TPSA) is 116 Å². The minimum Gasteiger partial charge on any atom is -0.463 e. The SMILES string of the molecule is C=CCOC1(C)O[C@@H]2O[C@H](COC(C)=O)[C@@H](OC(C)=O)[C@H](OC(C)=O)[C@@H]2O1. The third-order valence-corrected chi connectivity index (χ3v) is 3.79. The van der Waals surface area contributed by atoms with Crippen LogP contribution in [0.3, 0.4) is 0 Å². The molecule has 0 bridgehead atoms. The maximum atomic E-state index is 11.6. The highest BCUT2D eigenvalue weighted by atomic mass is 16.9. The van der Waals surface area contributed by atoms with Gasteiger partial charge in [0.2, 0.25) is 0 Å². The van der Waals surface area contributed by atoms with E-state index in [9.17, 15) is 14.4 Å². The van der Waals surface area contributed by atoms with Crippen LogP contribution in [0.25, 0.3) is 0 Å². The maximum Gasteiger partial charge on any atom is 0.303 e. The van der Waals surface area contributed by atoms with Gasteiger partial charge in [0.05, 0.1) is 6.61 Å². The highest BCUT2D eigenvalue weighted by Crippen LogP contribution is 2.39. The molecule has 0 radical (unpaired) electrons. The minimum absolute atomic E-state index is 0.137. The smallest absolute Gasteiger partial charge is 0.303 e. The maximum absolute atomic E-state index is 11.6.